The summed E-state index contributed by atoms with van der Waals surface area (Å²) in [5.74, 6) is 0.964. The normalized spacial score (nSPS) is 17.8. The average molecular weight is 650 g/mol. The number of carboxylic acid groups (broad SMARTS) is 1. The van der Waals surface area contributed by atoms with Crippen LogP contribution in [0.2, 0.25) is 10.0 Å². The average Bonchev–Trinajstić information content (AvgIpc) is 2.93. The number of halogens is 3. The lowest BCUT2D eigenvalue weighted by Gasteiger charge is -2.39. The van der Waals surface area contributed by atoms with Crippen LogP contribution in [-0.4, -0.2) is 80.5 Å². The molecule has 43 heavy (non-hydrogen) atoms. The largest absolute Gasteiger partial charge is 0.481 e. The number of likely N-dealkylation sites (tertiary alicyclic amines) is 1. The molecule has 0 aliphatic carbocycles. The van der Waals surface area contributed by atoms with Crippen molar-refractivity contribution in [2.75, 3.05) is 37.6 Å². The fourth-order valence-corrected chi connectivity index (χ4v) is 6.19. The van der Waals surface area contributed by atoms with Crippen LogP contribution in [-0.2, 0) is 16.1 Å². The number of piperidine rings is 1. The number of carbonyl (C=O) groups is 2. The summed E-state index contributed by atoms with van der Waals surface area (Å²) in [5.41, 5.74) is 2.44. The summed E-state index contributed by atoms with van der Waals surface area (Å²) < 4.78 is 6.15. The minimum Gasteiger partial charge on any atom is -0.481 e. The number of carboxylic acids is 1. The Bertz CT molecular complexity index is 1420. The molecule has 5 rings (SSSR count). The molecule has 1 unspecified atom stereocenters. The fourth-order valence-electron chi connectivity index (χ4n) is 5.66. The van der Waals surface area contributed by atoms with Crippen LogP contribution < -0.4 is 9.64 Å². The molecular weight excluding hydrogens is 615 g/mol. The molecule has 0 spiro atoms. The van der Waals surface area contributed by atoms with Crippen LogP contribution in [0.25, 0.3) is 11.3 Å². The summed E-state index contributed by atoms with van der Waals surface area (Å²) in [6.45, 7) is 7.87. The Morgan fingerprint density at radius 3 is 2.28 bits per heavy atom. The van der Waals surface area contributed by atoms with Crippen molar-refractivity contribution in [2.45, 2.75) is 45.7 Å². The highest BCUT2D eigenvalue weighted by Gasteiger charge is 2.27. The van der Waals surface area contributed by atoms with Crippen molar-refractivity contribution in [3.8, 4) is 22.9 Å². The first kappa shape index (κ1) is 32.7. The smallest absolute Gasteiger partial charge is 0.303 e. The van der Waals surface area contributed by atoms with Crippen LogP contribution in [0.1, 0.15) is 38.7 Å². The van der Waals surface area contributed by atoms with E-state index >= 15 is 0 Å². The molecule has 10 nitrogen and oxygen atoms in total. The summed E-state index contributed by atoms with van der Waals surface area (Å²) in [4.78, 5) is 43.0. The lowest BCUT2D eigenvalue weighted by atomic mass is 9.93. The Kier molecular flexibility index (Phi) is 11.1. The quantitative estimate of drug-likeness (QED) is 0.323. The van der Waals surface area contributed by atoms with Crippen molar-refractivity contribution in [3.63, 3.8) is 0 Å². The predicted molar refractivity (Wildman–Crippen MR) is 168 cm³/mol. The predicted octanol–water partition coefficient (Wildman–Crippen LogP) is 5.80. The topological polar surface area (TPSA) is 112 Å². The molecule has 2 aliphatic rings. The van der Waals surface area contributed by atoms with Gasteiger partial charge in [-0.25, -0.2) is 15.0 Å². The lowest BCUT2D eigenvalue weighted by molar-refractivity contribution is -0.138. The van der Waals surface area contributed by atoms with Gasteiger partial charge < -0.3 is 19.6 Å². The Morgan fingerprint density at radius 1 is 1.00 bits per heavy atom. The maximum Gasteiger partial charge on any atom is 0.303 e. The number of hydrogen-bond acceptors (Lipinski definition) is 8. The molecule has 1 amide bonds. The molecule has 0 bridgehead atoms. The molecule has 1 aromatic carbocycles. The Balaban J connectivity index is 0.00000423. The molecule has 2 aliphatic heterocycles. The molecule has 2 fully saturated rings. The van der Waals surface area contributed by atoms with E-state index in [1.165, 1.54) is 0 Å². The maximum absolute atomic E-state index is 11.8. The van der Waals surface area contributed by atoms with Gasteiger partial charge in [0, 0.05) is 67.2 Å². The third kappa shape index (κ3) is 8.69. The van der Waals surface area contributed by atoms with Crippen molar-refractivity contribution in [2.24, 2.45) is 5.92 Å². The first-order valence-electron chi connectivity index (χ1n) is 14.1. The van der Waals surface area contributed by atoms with Crippen molar-refractivity contribution in [3.05, 3.63) is 58.3 Å². The van der Waals surface area contributed by atoms with Gasteiger partial charge in [-0.2, -0.15) is 0 Å². The SMILES string of the molecule is CC(=O)N1CCN(c2ncc(Oc3cc(CN4CCC(CC(=O)O)CC4)cc(-c4cc(Cl)cc(Cl)c4)n3)cn2)CC1C.Cl. The van der Waals surface area contributed by atoms with Gasteiger partial charge in [-0.3, -0.25) is 14.5 Å². The number of amides is 1. The van der Waals surface area contributed by atoms with E-state index in [0.29, 0.717) is 59.5 Å². The first-order chi connectivity index (χ1) is 20.1. The van der Waals surface area contributed by atoms with Crippen molar-refractivity contribution >= 4 is 53.4 Å². The van der Waals surface area contributed by atoms with E-state index in [1.54, 1.807) is 25.4 Å². The highest BCUT2D eigenvalue weighted by atomic mass is 35.5. The van der Waals surface area contributed by atoms with Crippen molar-refractivity contribution < 1.29 is 19.4 Å². The Labute approximate surface area is 267 Å². The third-order valence-electron chi connectivity index (χ3n) is 7.75. The van der Waals surface area contributed by atoms with E-state index in [4.69, 9.17) is 38.0 Å². The van der Waals surface area contributed by atoms with Crippen LogP contribution in [0.3, 0.4) is 0 Å². The number of carbonyl (C=O) groups excluding carboxylic acids is 1. The van der Waals surface area contributed by atoms with Crippen LogP contribution >= 0.6 is 35.6 Å². The van der Waals surface area contributed by atoms with Gasteiger partial charge in [-0.05, 0) is 68.6 Å². The van der Waals surface area contributed by atoms with Gasteiger partial charge in [-0.15, -0.1) is 12.4 Å². The molecule has 4 heterocycles. The number of pyridine rings is 1. The number of nitrogens with zero attached hydrogens (tertiary/aromatic N) is 6. The van der Waals surface area contributed by atoms with E-state index in [2.05, 4.69) is 19.8 Å². The summed E-state index contributed by atoms with van der Waals surface area (Å²) in [6.07, 6.45) is 5.17. The molecule has 13 heteroatoms. The van der Waals surface area contributed by atoms with Crippen molar-refractivity contribution in [1.82, 2.24) is 24.8 Å². The number of piperazine rings is 1. The van der Waals surface area contributed by atoms with Gasteiger partial charge in [0.1, 0.15) is 0 Å². The van der Waals surface area contributed by atoms with E-state index in [-0.39, 0.29) is 36.7 Å². The highest BCUT2D eigenvalue weighted by Crippen LogP contribution is 2.31. The monoisotopic (exact) mass is 648 g/mol. The second-order valence-electron chi connectivity index (χ2n) is 11.0. The summed E-state index contributed by atoms with van der Waals surface area (Å²) in [6, 6.07) is 9.27. The summed E-state index contributed by atoms with van der Waals surface area (Å²) >= 11 is 12.6. The second kappa shape index (κ2) is 14.5. The molecule has 2 saturated heterocycles. The number of benzene rings is 1. The zero-order valence-corrected chi connectivity index (χ0v) is 26.4. The van der Waals surface area contributed by atoms with E-state index in [0.717, 1.165) is 37.1 Å². The zero-order chi connectivity index (χ0) is 29.8. The van der Waals surface area contributed by atoms with Gasteiger partial charge in [0.2, 0.25) is 17.7 Å². The van der Waals surface area contributed by atoms with Crippen LogP contribution in [0.15, 0.2) is 42.7 Å². The minimum absolute atomic E-state index is 0. The van der Waals surface area contributed by atoms with Gasteiger partial charge >= 0.3 is 5.97 Å². The standard InChI is InChI=1S/C30H34Cl2N6O4.ClH/c1-19-17-37(7-8-38(19)20(2)39)30-33-15-26(16-34-30)42-28-10-22(18-36-5-3-21(4-6-36)11-29(40)41)9-27(35-28)23-12-24(31)14-25(32)13-23;/h9-10,12-16,19,21H,3-8,11,17-18H2,1-2H3,(H,40,41);1H. The third-order valence-corrected chi connectivity index (χ3v) is 8.18. The Morgan fingerprint density at radius 2 is 1.67 bits per heavy atom. The molecule has 0 saturated carbocycles. The summed E-state index contributed by atoms with van der Waals surface area (Å²) in [5, 5.41) is 10.2. The number of rotatable bonds is 8. The molecular formula is C30H35Cl3N6O4. The van der Waals surface area contributed by atoms with Gasteiger partial charge in [-0.1, -0.05) is 23.2 Å². The van der Waals surface area contributed by atoms with E-state index < -0.39 is 5.97 Å². The van der Waals surface area contributed by atoms with E-state index in [1.807, 2.05) is 36.1 Å². The van der Waals surface area contributed by atoms with Gasteiger partial charge in [0.25, 0.3) is 0 Å². The minimum atomic E-state index is -0.740. The first-order valence-corrected chi connectivity index (χ1v) is 14.8. The van der Waals surface area contributed by atoms with Gasteiger partial charge in [0.15, 0.2) is 5.75 Å². The molecule has 3 aromatic rings. The molecule has 1 N–H and O–H groups in total. The van der Waals surface area contributed by atoms with Crippen LogP contribution in [0.5, 0.6) is 11.6 Å². The number of ether oxygens (including phenoxy) is 1. The Hall–Kier alpha value is -3.18. The van der Waals surface area contributed by atoms with Crippen LogP contribution in [0.4, 0.5) is 5.95 Å². The van der Waals surface area contributed by atoms with Crippen LogP contribution in [0, 0.1) is 5.92 Å². The molecule has 0 radical (unpaired) electrons. The summed E-state index contributed by atoms with van der Waals surface area (Å²) in [7, 11) is 0. The number of aliphatic carboxylic acids is 1. The highest BCUT2D eigenvalue weighted by molar-refractivity contribution is 6.35. The second-order valence-corrected chi connectivity index (χ2v) is 11.9. The van der Waals surface area contributed by atoms with E-state index in [9.17, 15) is 9.59 Å². The fraction of sp³-hybridized carbons (Fsp3) is 0.433. The number of aromatic nitrogens is 3. The number of hydrogen-bond donors (Lipinski definition) is 1. The lowest BCUT2D eigenvalue weighted by Crippen LogP contribution is -2.53. The van der Waals surface area contributed by atoms with Crippen molar-refractivity contribution in [1.29, 1.82) is 0 Å². The zero-order valence-electron chi connectivity index (χ0n) is 24.1. The number of anilines is 1. The maximum atomic E-state index is 11.8. The molecule has 1 atom stereocenters. The van der Waals surface area contributed by atoms with Gasteiger partial charge in [0.05, 0.1) is 18.1 Å². The molecule has 2 aromatic heterocycles. The molecule has 230 valence electrons.